The van der Waals surface area contributed by atoms with Crippen LogP contribution in [0.25, 0.3) is 0 Å². The van der Waals surface area contributed by atoms with Crippen molar-refractivity contribution >= 4 is 0 Å². The minimum Gasteiger partial charge on any atom is -0.496 e. The smallest absolute Gasteiger partial charge is 0.125 e. The van der Waals surface area contributed by atoms with Crippen molar-refractivity contribution in [1.29, 1.82) is 0 Å². The Morgan fingerprint density at radius 1 is 1.00 bits per heavy atom. The van der Waals surface area contributed by atoms with Crippen molar-refractivity contribution in [2.24, 2.45) is 0 Å². The zero-order chi connectivity index (χ0) is 16.3. The number of hydrogen-bond acceptors (Lipinski definition) is 2. The van der Waals surface area contributed by atoms with Gasteiger partial charge in [-0.25, -0.2) is 0 Å². The SMILES string of the molecule is CCCC.CCCc1cnc(C(C)(CC)CC)cc1OC. The van der Waals surface area contributed by atoms with Crippen LogP contribution in [0.5, 0.6) is 5.75 Å². The summed E-state index contributed by atoms with van der Waals surface area (Å²) in [5.74, 6) is 0.991. The van der Waals surface area contributed by atoms with Crippen LogP contribution in [0.1, 0.15) is 84.9 Å². The number of unbranched alkanes of at least 4 members (excludes halogenated alkanes) is 1. The Labute approximate surface area is 132 Å². The summed E-state index contributed by atoms with van der Waals surface area (Å²) in [4.78, 5) is 4.64. The molecule has 0 aliphatic rings. The number of aryl methyl sites for hydroxylation is 1. The Morgan fingerprint density at radius 2 is 1.57 bits per heavy atom. The lowest BCUT2D eigenvalue weighted by molar-refractivity contribution is 0.395. The van der Waals surface area contributed by atoms with E-state index in [0.29, 0.717) is 0 Å². The van der Waals surface area contributed by atoms with Gasteiger partial charge in [0.2, 0.25) is 0 Å². The fraction of sp³-hybridized carbons (Fsp3) is 0.737. The summed E-state index contributed by atoms with van der Waals surface area (Å²) in [6.07, 6.45) is 8.99. The summed E-state index contributed by atoms with van der Waals surface area (Å²) in [5.41, 5.74) is 2.53. The number of hydrogen-bond donors (Lipinski definition) is 0. The predicted molar refractivity (Wildman–Crippen MR) is 93.3 cm³/mol. The van der Waals surface area contributed by atoms with Gasteiger partial charge in [0.15, 0.2) is 0 Å². The molecule has 2 nitrogen and oxygen atoms in total. The molecule has 0 saturated carbocycles. The average molecular weight is 293 g/mol. The van der Waals surface area contributed by atoms with Crippen LogP contribution >= 0.6 is 0 Å². The third kappa shape index (κ3) is 6.07. The van der Waals surface area contributed by atoms with E-state index in [2.05, 4.69) is 52.6 Å². The molecule has 0 atom stereocenters. The molecule has 0 aliphatic carbocycles. The number of nitrogens with zero attached hydrogens (tertiary/aromatic N) is 1. The summed E-state index contributed by atoms with van der Waals surface area (Å²) in [6.45, 7) is 13.2. The molecule has 0 N–H and O–H groups in total. The van der Waals surface area contributed by atoms with Crippen molar-refractivity contribution in [2.75, 3.05) is 7.11 Å². The maximum Gasteiger partial charge on any atom is 0.125 e. The first-order valence-corrected chi connectivity index (χ1v) is 8.56. The third-order valence-electron chi connectivity index (χ3n) is 4.36. The molecule has 122 valence electrons. The van der Waals surface area contributed by atoms with E-state index >= 15 is 0 Å². The van der Waals surface area contributed by atoms with E-state index in [0.717, 1.165) is 37.1 Å². The van der Waals surface area contributed by atoms with Gasteiger partial charge in [0.1, 0.15) is 5.75 Å². The minimum absolute atomic E-state index is 0.165. The molecule has 1 rings (SSSR count). The normalized spacial score (nSPS) is 10.8. The summed E-state index contributed by atoms with van der Waals surface area (Å²) in [6, 6.07) is 2.12. The van der Waals surface area contributed by atoms with E-state index in [9.17, 15) is 0 Å². The molecule has 0 bridgehead atoms. The first kappa shape index (κ1) is 19.9. The second kappa shape index (κ2) is 10.6. The maximum absolute atomic E-state index is 5.48. The molecule has 0 unspecified atom stereocenters. The zero-order valence-electron chi connectivity index (χ0n) is 15.3. The Kier molecular flexibility index (Phi) is 10.1. The van der Waals surface area contributed by atoms with Gasteiger partial charge in [-0.15, -0.1) is 0 Å². The van der Waals surface area contributed by atoms with Crippen molar-refractivity contribution in [3.05, 3.63) is 23.5 Å². The number of aromatic nitrogens is 1. The second-order valence-electron chi connectivity index (χ2n) is 5.90. The Hall–Kier alpha value is -1.05. The number of pyridine rings is 1. The van der Waals surface area contributed by atoms with Crippen LogP contribution < -0.4 is 4.74 Å². The van der Waals surface area contributed by atoms with Gasteiger partial charge in [-0.2, -0.15) is 0 Å². The van der Waals surface area contributed by atoms with Crippen molar-refractivity contribution in [3.8, 4) is 5.75 Å². The minimum atomic E-state index is 0.165. The zero-order valence-corrected chi connectivity index (χ0v) is 15.3. The molecular weight excluding hydrogens is 258 g/mol. The first-order valence-electron chi connectivity index (χ1n) is 8.56. The molecule has 1 heterocycles. The maximum atomic E-state index is 5.48. The summed E-state index contributed by atoms with van der Waals surface area (Å²) in [5, 5.41) is 0. The van der Waals surface area contributed by atoms with Crippen LogP contribution in [0, 0.1) is 0 Å². The molecule has 1 aromatic heterocycles. The van der Waals surface area contributed by atoms with Crippen LogP contribution in [0.15, 0.2) is 12.3 Å². The Morgan fingerprint density at radius 3 is 1.95 bits per heavy atom. The third-order valence-corrected chi connectivity index (χ3v) is 4.36. The lowest BCUT2D eigenvalue weighted by Gasteiger charge is -2.26. The summed E-state index contributed by atoms with van der Waals surface area (Å²) >= 11 is 0. The van der Waals surface area contributed by atoms with Gasteiger partial charge < -0.3 is 4.74 Å². The molecule has 0 spiro atoms. The largest absolute Gasteiger partial charge is 0.496 e. The van der Waals surface area contributed by atoms with Crippen LogP contribution in [-0.2, 0) is 11.8 Å². The molecule has 21 heavy (non-hydrogen) atoms. The molecule has 0 saturated heterocycles. The fourth-order valence-electron chi connectivity index (χ4n) is 2.05. The lowest BCUT2D eigenvalue weighted by atomic mass is 9.81. The quantitative estimate of drug-likeness (QED) is 0.622. The van der Waals surface area contributed by atoms with Crippen LogP contribution in [0.4, 0.5) is 0 Å². The van der Waals surface area contributed by atoms with Crippen LogP contribution in [0.3, 0.4) is 0 Å². The van der Waals surface area contributed by atoms with E-state index in [-0.39, 0.29) is 5.41 Å². The van der Waals surface area contributed by atoms with Crippen molar-refractivity contribution in [1.82, 2.24) is 4.98 Å². The topological polar surface area (TPSA) is 22.1 Å². The summed E-state index contributed by atoms with van der Waals surface area (Å²) < 4.78 is 5.48. The average Bonchev–Trinajstić information content (AvgIpc) is 2.54. The van der Waals surface area contributed by atoms with Gasteiger partial charge in [-0.3, -0.25) is 4.98 Å². The number of methoxy groups -OCH3 is 1. The van der Waals surface area contributed by atoms with Gasteiger partial charge in [0.05, 0.1) is 7.11 Å². The van der Waals surface area contributed by atoms with Crippen molar-refractivity contribution in [2.45, 2.75) is 85.5 Å². The summed E-state index contributed by atoms with van der Waals surface area (Å²) in [7, 11) is 1.74. The molecule has 2 heteroatoms. The van der Waals surface area contributed by atoms with Gasteiger partial charge in [-0.1, -0.05) is 60.8 Å². The Balaban J connectivity index is 0.000000885. The number of ether oxygens (including phenoxy) is 1. The standard InChI is InChI=1S/C15H25NO.C4H10/c1-6-9-12-11-16-14(10-13(12)17-5)15(4,7-2)8-3;1-3-4-2/h10-11H,6-9H2,1-5H3;3-4H2,1-2H3. The molecule has 0 aliphatic heterocycles. The molecule has 0 radical (unpaired) electrons. The van der Waals surface area contributed by atoms with E-state index in [1.54, 1.807) is 7.11 Å². The van der Waals surface area contributed by atoms with Crippen molar-refractivity contribution in [3.63, 3.8) is 0 Å². The highest BCUT2D eigenvalue weighted by Crippen LogP contribution is 2.32. The molecule has 0 fully saturated rings. The lowest BCUT2D eigenvalue weighted by Crippen LogP contribution is -2.21. The van der Waals surface area contributed by atoms with Crippen LogP contribution in [-0.4, -0.2) is 12.1 Å². The highest BCUT2D eigenvalue weighted by Gasteiger charge is 2.24. The molecular formula is C19H35NO. The Bertz CT molecular complexity index is 381. The predicted octanol–water partition coefficient (Wildman–Crippen LogP) is 5.93. The number of rotatable bonds is 7. The highest BCUT2D eigenvalue weighted by molar-refractivity contribution is 5.35. The van der Waals surface area contributed by atoms with Gasteiger partial charge in [-0.05, 0) is 19.3 Å². The van der Waals surface area contributed by atoms with E-state index in [4.69, 9.17) is 4.74 Å². The van der Waals surface area contributed by atoms with E-state index in [1.807, 2.05) is 6.20 Å². The monoisotopic (exact) mass is 293 g/mol. The van der Waals surface area contributed by atoms with E-state index < -0.39 is 0 Å². The molecule has 0 aromatic carbocycles. The second-order valence-corrected chi connectivity index (χ2v) is 5.90. The van der Waals surface area contributed by atoms with E-state index in [1.165, 1.54) is 18.4 Å². The highest BCUT2D eigenvalue weighted by atomic mass is 16.5. The van der Waals surface area contributed by atoms with Gasteiger partial charge in [0.25, 0.3) is 0 Å². The van der Waals surface area contributed by atoms with Gasteiger partial charge >= 0.3 is 0 Å². The van der Waals surface area contributed by atoms with Gasteiger partial charge in [0, 0.05) is 28.9 Å². The van der Waals surface area contributed by atoms with Crippen LogP contribution in [0.2, 0.25) is 0 Å². The fourth-order valence-corrected chi connectivity index (χ4v) is 2.05. The molecule has 1 aromatic rings. The first-order chi connectivity index (χ1) is 10.0. The van der Waals surface area contributed by atoms with Crippen molar-refractivity contribution < 1.29 is 4.74 Å². The molecule has 0 amide bonds.